The van der Waals surface area contributed by atoms with Gasteiger partial charge in [0.2, 0.25) is 5.78 Å². The lowest BCUT2D eigenvalue weighted by Crippen LogP contribution is -2.50. The molecule has 1 aliphatic heterocycles. The van der Waals surface area contributed by atoms with Gasteiger partial charge in [0, 0.05) is 79.8 Å². The zero-order chi connectivity index (χ0) is 34.7. The summed E-state index contributed by atoms with van der Waals surface area (Å²) < 4.78 is 60.3. The number of ketones is 1. The average Bonchev–Trinajstić information content (AvgIpc) is 3.66. The number of aliphatic hydroxyl groups is 1. The topological polar surface area (TPSA) is 101 Å². The highest BCUT2D eigenvalue weighted by Crippen LogP contribution is 2.22. The van der Waals surface area contributed by atoms with Gasteiger partial charge in [0.05, 0.1) is 18.4 Å². The first-order valence-corrected chi connectivity index (χ1v) is 15.3. The van der Waals surface area contributed by atoms with E-state index < -0.39 is 63.8 Å². The zero-order valence-electron chi connectivity index (χ0n) is 25.9. The lowest BCUT2D eigenvalue weighted by atomic mass is 10.0. The normalized spacial score (nSPS) is 13.5. The molecule has 3 heterocycles. The zero-order valence-corrected chi connectivity index (χ0v) is 25.9. The molecule has 1 N–H and O–H groups in total. The highest BCUT2D eigenvalue weighted by Gasteiger charge is 2.26. The van der Waals surface area contributed by atoms with Gasteiger partial charge >= 0.3 is 0 Å². The van der Waals surface area contributed by atoms with Gasteiger partial charge in [-0.3, -0.25) is 14.4 Å². The lowest BCUT2D eigenvalue weighted by molar-refractivity contribution is -0.142. The largest absolute Gasteiger partial charge is 0.507 e. The Morgan fingerprint density at radius 3 is 2.24 bits per heavy atom. The Balaban J connectivity index is 1.21. The maximum Gasteiger partial charge on any atom is 0.294 e. The van der Waals surface area contributed by atoms with Gasteiger partial charge in [0.1, 0.15) is 17.4 Å². The highest BCUT2D eigenvalue weighted by atomic mass is 19.2. The molecule has 0 atom stereocenters. The van der Waals surface area contributed by atoms with Crippen LogP contribution in [0.5, 0.6) is 0 Å². The van der Waals surface area contributed by atoms with Crippen LogP contribution in [0.3, 0.4) is 0 Å². The number of benzene rings is 3. The summed E-state index contributed by atoms with van der Waals surface area (Å²) in [5, 5.41) is 10.9. The Labute approximate surface area is 277 Å². The second-order valence-corrected chi connectivity index (χ2v) is 11.4. The lowest BCUT2D eigenvalue weighted by Gasteiger charge is -2.35. The van der Waals surface area contributed by atoms with Crippen molar-refractivity contribution in [3.05, 3.63) is 154 Å². The Kier molecular flexibility index (Phi) is 9.42. The number of nitrogens with zero attached hydrogens (tertiary/aromatic N) is 5. The third-order valence-corrected chi connectivity index (χ3v) is 8.30. The molecule has 0 aliphatic carbocycles. The predicted molar refractivity (Wildman–Crippen MR) is 173 cm³/mol. The standard InChI is InChI=1S/C36H29F4N5O4/c37-29-4-2-1-3-24(29)21-45-20-23(17-27-30(38)9-10-31(39)34(27)40)18-28(35(45)48)32(46)19-33(47)36(49)43-15-13-42(14-16-43)25-5-7-26(8-6-25)44-12-11-41-22-44/h1-12,18-20,22,46H,13-17,21H2/b32-19+. The van der Waals surface area contributed by atoms with Crippen LogP contribution in [-0.4, -0.2) is 62.0 Å². The molecule has 250 valence electrons. The van der Waals surface area contributed by atoms with Crippen LogP contribution >= 0.6 is 0 Å². The molecule has 49 heavy (non-hydrogen) atoms. The minimum absolute atomic E-state index is 0.0437. The SMILES string of the molecule is O=C(/C=C(/O)c1cc(Cc2c(F)ccc(F)c2F)cn(Cc2ccccc2F)c1=O)C(=O)N1CCN(c2ccc(-n3ccnc3)cc2)CC1. The van der Waals surface area contributed by atoms with E-state index >= 15 is 0 Å². The third-order valence-electron chi connectivity index (χ3n) is 8.30. The second-order valence-electron chi connectivity index (χ2n) is 11.4. The maximum absolute atomic E-state index is 14.5. The fraction of sp³-hybridized carbons (Fsp3) is 0.167. The molecule has 13 heteroatoms. The molecule has 0 bridgehead atoms. The predicted octanol–water partition coefficient (Wildman–Crippen LogP) is 5.05. The smallest absolute Gasteiger partial charge is 0.294 e. The number of anilines is 1. The third kappa shape index (κ3) is 7.15. The van der Waals surface area contributed by atoms with Crippen LogP contribution in [0.15, 0.2) is 103 Å². The summed E-state index contributed by atoms with van der Waals surface area (Å²) in [7, 11) is 0. The molecule has 0 saturated carbocycles. The number of hydrogen-bond acceptors (Lipinski definition) is 6. The minimum Gasteiger partial charge on any atom is -0.507 e. The summed E-state index contributed by atoms with van der Waals surface area (Å²) in [5.41, 5.74) is 0.0330. The molecular weight excluding hydrogens is 642 g/mol. The molecule has 0 unspecified atom stereocenters. The number of aliphatic hydroxyl groups excluding tert-OH is 1. The van der Waals surface area contributed by atoms with Crippen molar-refractivity contribution < 1.29 is 32.3 Å². The molecule has 1 fully saturated rings. The number of rotatable bonds is 9. The van der Waals surface area contributed by atoms with Crippen LogP contribution in [0.4, 0.5) is 23.2 Å². The van der Waals surface area contributed by atoms with Crippen molar-refractivity contribution in [3.63, 3.8) is 0 Å². The maximum atomic E-state index is 14.5. The highest BCUT2D eigenvalue weighted by molar-refractivity contribution is 6.41. The Bertz CT molecular complexity index is 2110. The number of hydrogen-bond donors (Lipinski definition) is 1. The number of aromatic nitrogens is 3. The monoisotopic (exact) mass is 671 g/mol. The van der Waals surface area contributed by atoms with Crippen molar-refractivity contribution in [2.24, 2.45) is 0 Å². The van der Waals surface area contributed by atoms with Crippen molar-refractivity contribution in [1.82, 2.24) is 19.0 Å². The van der Waals surface area contributed by atoms with E-state index in [4.69, 9.17) is 0 Å². The summed E-state index contributed by atoms with van der Waals surface area (Å²) in [5.74, 6) is -7.25. The summed E-state index contributed by atoms with van der Waals surface area (Å²) in [6.07, 6.45) is 6.47. The van der Waals surface area contributed by atoms with Gasteiger partial charge < -0.3 is 24.0 Å². The van der Waals surface area contributed by atoms with Crippen molar-refractivity contribution in [1.29, 1.82) is 0 Å². The molecule has 9 nitrogen and oxygen atoms in total. The first-order chi connectivity index (χ1) is 23.6. The fourth-order valence-electron chi connectivity index (χ4n) is 5.68. The number of imidazole rings is 1. The van der Waals surface area contributed by atoms with Gasteiger partial charge in [-0.15, -0.1) is 0 Å². The van der Waals surface area contributed by atoms with E-state index in [0.717, 1.165) is 28.1 Å². The Morgan fingerprint density at radius 2 is 1.55 bits per heavy atom. The summed E-state index contributed by atoms with van der Waals surface area (Å²) in [6, 6.07) is 15.9. The quantitative estimate of drug-likeness (QED) is 0.0775. The van der Waals surface area contributed by atoms with Crippen LogP contribution in [0.25, 0.3) is 11.4 Å². The summed E-state index contributed by atoms with van der Waals surface area (Å²) in [6.45, 7) is 0.984. The minimum atomic E-state index is -1.43. The van der Waals surface area contributed by atoms with Crippen molar-refractivity contribution >= 4 is 23.1 Å². The molecule has 2 aromatic heterocycles. The van der Waals surface area contributed by atoms with Crippen LogP contribution in [0.2, 0.25) is 0 Å². The van der Waals surface area contributed by atoms with E-state index in [1.807, 2.05) is 35.0 Å². The molecule has 5 aromatic rings. The molecule has 1 saturated heterocycles. The van der Waals surface area contributed by atoms with Crippen molar-refractivity contribution in [3.8, 4) is 5.69 Å². The molecule has 0 radical (unpaired) electrons. The van der Waals surface area contributed by atoms with E-state index in [-0.39, 0.29) is 30.8 Å². The number of halogens is 4. The van der Waals surface area contributed by atoms with Crippen molar-refractivity contribution in [2.45, 2.75) is 13.0 Å². The number of amides is 1. The molecule has 1 aliphatic rings. The first kappa shape index (κ1) is 32.9. The van der Waals surface area contributed by atoms with Gasteiger partial charge in [0.25, 0.3) is 11.5 Å². The van der Waals surface area contributed by atoms with E-state index in [0.29, 0.717) is 25.2 Å². The summed E-state index contributed by atoms with van der Waals surface area (Å²) >= 11 is 0. The summed E-state index contributed by atoms with van der Waals surface area (Å²) in [4.78, 5) is 47.0. The molecule has 6 rings (SSSR count). The molecular formula is C36H29F4N5O4. The van der Waals surface area contributed by atoms with E-state index in [1.54, 1.807) is 18.6 Å². The average molecular weight is 672 g/mol. The van der Waals surface area contributed by atoms with E-state index in [2.05, 4.69) is 9.88 Å². The van der Waals surface area contributed by atoms with Gasteiger partial charge in [0.15, 0.2) is 11.6 Å². The van der Waals surface area contributed by atoms with Gasteiger partial charge in [-0.05, 0) is 54.1 Å². The van der Waals surface area contributed by atoms with E-state index in [9.17, 15) is 37.1 Å². The number of piperazine rings is 1. The van der Waals surface area contributed by atoms with E-state index in [1.165, 1.54) is 29.3 Å². The van der Waals surface area contributed by atoms with Gasteiger partial charge in [-0.2, -0.15) is 0 Å². The number of carbonyl (C=O) groups is 2. The Morgan fingerprint density at radius 1 is 0.857 bits per heavy atom. The van der Waals surface area contributed by atoms with Crippen LogP contribution in [0.1, 0.15) is 22.3 Å². The second kappa shape index (κ2) is 14.0. The first-order valence-electron chi connectivity index (χ1n) is 15.3. The molecule has 3 aromatic carbocycles. The number of pyridine rings is 1. The Hall–Kier alpha value is -5.98. The molecule has 0 spiro atoms. The van der Waals surface area contributed by atoms with Crippen LogP contribution in [0, 0.1) is 23.3 Å². The van der Waals surface area contributed by atoms with Crippen LogP contribution < -0.4 is 10.5 Å². The van der Waals surface area contributed by atoms with Gasteiger partial charge in [-0.25, -0.2) is 22.5 Å². The van der Waals surface area contributed by atoms with Crippen LogP contribution in [-0.2, 0) is 22.6 Å². The van der Waals surface area contributed by atoms with Gasteiger partial charge in [-0.1, -0.05) is 18.2 Å². The molecule has 1 amide bonds. The number of carbonyl (C=O) groups excluding carboxylic acids is 2. The van der Waals surface area contributed by atoms with Crippen molar-refractivity contribution in [2.75, 3.05) is 31.1 Å². The fourth-order valence-corrected chi connectivity index (χ4v) is 5.68.